The molecule has 1 unspecified atom stereocenters. The van der Waals surface area contributed by atoms with Crippen LogP contribution in [0.3, 0.4) is 0 Å². The molecule has 4 aromatic carbocycles. The number of esters is 1. The second kappa shape index (κ2) is 17.0. The zero-order chi connectivity index (χ0) is 35.5. The van der Waals surface area contributed by atoms with Crippen LogP contribution < -0.4 is 4.74 Å². The molecule has 50 heavy (non-hydrogen) atoms. The molecule has 0 saturated heterocycles. The van der Waals surface area contributed by atoms with Gasteiger partial charge in [0.05, 0.1) is 44.0 Å². The van der Waals surface area contributed by atoms with Crippen molar-refractivity contribution in [2.75, 3.05) is 40.1 Å². The van der Waals surface area contributed by atoms with E-state index in [2.05, 4.69) is 11.8 Å². The highest BCUT2D eigenvalue weighted by Crippen LogP contribution is 2.38. The molecule has 1 aliphatic heterocycles. The van der Waals surface area contributed by atoms with Crippen molar-refractivity contribution in [1.29, 1.82) is 0 Å². The van der Waals surface area contributed by atoms with Crippen molar-refractivity contribution < 1.29 is 45.5 Å². The van der Waals surface area contributed by atoms with Crippen LogP contribution in [-0.2, 0) is 46.5 Å². The summed E-state index contributed by atoms with van der Waals surface area (Å²) < 4.78 is 66.1. The highest BCUT2D eigenvalue weighted by Gasteiger charge is 2.40. The zero-order valence-electron chi connectivity index (χ0n) is 27.6. The molecule has 0 radical (unpaired) electrons. The Hall–Kier alpha value is -5.06. The van der Waals surface area contributed by atoms with Crippen molar-refractivity contribution >= 4 is 22.0 Å². The van der Waals surface area contributed by atoms with Gasteiger partial charge in [-0.3, -0.25) is 8.98 Å². The van der Waals surface area contributed by atoms with E-state index in [0.717, 1.165) is 11.1 Å². The number of fused-ring (bicyclic) bond motifs is 1. The van der Waals surface area contributed by atoms with Gasteiger partial charge in [0.15, 0.2) is 6.04 Å². The van der Waals surface area contributed by atoms with Gasteiger partial charge < -0.3 is 23.8 Å². The Morgan fingerprint density at radius 1 is 0.920 bits per heavy atom. The number of benzene rings is 4. The zero-order valence-corrected chi connectivity index (χ0v) is 28.4. The maximum absolute atomic E-state index is 14.6. The highest BCUT2D eigenvalue weighted by atomic mass is 32.2. The number of methoxy groups -OCH3 is 1. The van der Waals surface area contributed by atoms with Crippen molar-refractivity contribution in [1.82, 2.24) is 4.90 Å². The van der Waals surface area contributed by atoms with Gasteiger partial charge >= 0.3 is 5.97 Å². The van der Waals surface area contributed by atoms with Crippen molar-refractivity contribution in [3.05, 3.63) is 130 Å². The molecular formula is C38H36FNO9S. The molecule has 0 fully saturated rings. The molecule has 0 spiro atoms. The normalized spacial score (nSPS) is 12.9. The Labute approximate surface area is 290 Å². The van der Waals surface area contributed by atoms with Crippen LogP contribution in [0.2, 0.25) is 0 Å². The van der Waals surface area contributed by atoms with Gasteiger partial charge in [-0.2, -0.15) is 8.42 Å². The second-order valence-corrected chi connectivity index (χ2v) is 12.8. The summed E-state index contributed by atoms with van der Waals surface area (Å²) in [5.41, 5.74) is 3.41. The van der Waals surface area contributed by atoms with E-state index in [1.165, 1.54) is 42.3 Å². The van der Waals surface area contributed by atoms with Gasteiger partial charge in [0.25, 0.3) is 16.0 Å². The maximum Gasteiger partial charge on any atom is 0.333 e. The van der Waals surface area contributed by atoms with Crippen molar-refractivity contribution in [3.8, 4) is 17.6 Å². The summed E-state index contributed by atoms with van der Waals surface area (Å²) in [5, 5.41) is 0. The number of halogens is 1. The number of hydrogen-bond acceptors (Lipinski definition) is 9. The number of carbonyl (C=O) groups is 2. The van der Waals surface area contributed by atoms with Gasteiger partial charge in [0.1, 0.15) is 24.8 Å². The molecular weight excluding hydrogens is 665 g/mol. The molecule has 0 aromatic heterocycles. The Kier molecular flexibility index (Phi) is 12.4. The summed E-state index contributed by atoms with van der Waals surface area (Å²) in [6.45, 7) is 2.44. The summed E-state index contributed by atoms with van der Waals surface area (Å²) in [5.74, 6) is 4.31. The Bertz CT molecular complexity index is 1970. The highest BCUT2D eigenvalue weighted by molar-refractivity contribution is 7.86. The van der Waals surface area contributed by atoms with E-state index in [0.29, 0.717) is 16.7 Å². The predicted molar refractivity (Wildman–Crippen MR) is 181 cm³/mol. The van der Waals surface area contributed by atoms with Crippen LogP contribution in [0.5, 0.6) is 5.75 Å². The second-order valence-electron chi connectivity index (χ2n) is 11.2. The van der Waals surface area contributed by atoms with Gasteiger partial charge in [0, 0.05) is 17.7 Å². The minimum Gasteiger partial charge on any atom is -0.489 e. The summed E-state index contributed by atoms with van der Waals surface area (Å²) in [4.78, 5) is 28.5. The predicted octanol–water partition coefficient (Wildman–Crippen LogP) is 5.37. The third-order valence-electron chi connectivity index (χ3n) is 7.75. The molecule has 1 atom stereocenters. The first kappa shape index (κ1) is 36.2. The SMILES string of the molecule is COC(=O)C(c1cc(F)ccc1OCc1ccccc1)N1Cc2cccc(C#CCOCCOCCOS(=O)(=O)c3ccc(C)cc3)c2C1=O. The van der Waals surface area contributed by atoms with Crippen LogP contribution in [-0.4, -0.2) is 65.3 Å². The molecule has 0 aliphatic carbocycles. The van der Waals surface area contributed by atoms with Crippen LogP contribution in [0.25, 0.3) is 0 Å². The number of hydrogen-bond donors (Lipinski definition) is 0. The molecule has 260 valence electrons. The minimum absolute atomic E-state index is 0.0411. The summed E-state index contributed by atoms with van der Waals surface area (Å²) in [6.07, 6.45) is 0. The van der Waals surface area contributed by atoms with Crippen molar-refractivity contribution in [2.24, 2.45) is 0 Å². The fourth-order valence-corrected chi connectivity index (χ4v) is 6.17. The summed E-state index contributed by atoms with van der Waals surface area (Å²) in [7, 11) is -2.65. The molecule has 1 aliphatic rings. The number of amides is 1. The molecule has 5 rings (SSSR count). The lowest BCUT2D eigenvalue weighted by molar-refractivity contribution is -0.146. The first-order chi connectivity index (χ1) is 24.2. The number of ether oxygens (including phenoxy) is 4. The average Bonchev–Trinajstić information content (AvgIpc) is 3.45. The third kappa shape index (κ3) is 9.13. The van der Waals surface area contributed by atoms with E-state index in [-0.39, 0.29) is 62.4 Å². The fraction of sp³-hybridized carbons (Fsp3) is 0.263. The van der Waals surface area contributed by atoms with Crippen LogP contribution >= 0.6 is 0 Å². The number of rotatable bonds is 15. The standard InChI is InChI=1S/C38H36FNO9S/c1-27-13-16-32(17-14-27)50(43,44)49-23-22-47-21-20-46-19-7-12-29-10-6-11-30-25-40(37(41)35(29)30)36(38(42)45-2)33-24-31(39)15-18-34(33)48-26-28-8-4-3-5-9-28/h3-6,8-11,13-18,24,36H,19-23,25-26H2,1-2H3. The number of aryl methyl sites for hydroxylation is 1. The van der Waals surface area contributed by atoms with Gasteiger partial charge in [-0.15, -0.1) is 0 Å². The van der Waals surface area contributed by atoms with E-state index in [4.69, 9.17) is 23.1 Å². The van der Waals surface area contributed by atoms with E-state index in [1.807, 2.05) is 37.3 Å². The number of carbonyl (C=O) groups excluding carboxylic acids is 2. The lowest BCUT2D eigenvalue weighted by Gasteiger charge is -2.27. The molecule has 12 heteroatoms. The van der Waals surface area contributed by atoms with Gasteiger partial charge in [0.2, 0.25) is 0 Å². The van der Waals surface area contributed by atoms with E-state index < -0.39 is 33.9 Å². The Morgan fingerprint density at radius 2 is 1.66 bits per heavy atom. The molecule has 0 N–H and O–H groups in total. The lowest BCUT2D eigenvalue weighted by atomic mass is 10.0. The molecule has 1 amide bonds. The van der Waals surface area contributed by atoms with E-state index in [1.54, 1.807) is 30.3 Å². The monoisotopic (exact) mass is 701 g/mol. The first-order valence-corrected chi connectivity index (χ1v) is 17.2. The summed E-state index contributed by atoms with van der Waals surface area (Å²) in [6, 6.07) is 23.5. The molecule has 1 heterocycles. The van der Waals surface area contributed by atoms with Crippen LogP contribution in [0.4, 0.5) is 4.39 Å². The maximum atomic E-state index is 14.6. The van der Waals surface area contributed by atoms with E-state index >= 15 is 0 Å². The average molecular weight is 702 g/mol. The van der Waals surface area contributed by atoms with Gasteiger partial charge in [-0.05, 0) is 54.4 Å². The quantitative estimate of drug-likeness (QED) is 0.0698. The fourth-order valence-electron chi connectivity index (χ4n) is 5.28. The minimum atomic E-state index is -3.86. The van der Waals surface area contributed by atoms with Crippen LogP contribution in [0.15, 0.2) is 95.9 Å². The van der Waals surface area contributed by atoms with Crippen molar-refractivity contribution in [2.45, 2.75) is 31.0 Å². The molecule has 0 saturated carbocycles. The van der Waals surface area contributed by atoms with Gasteiger partial charge in [-0.1, -0.05) is 72.0 Å². The Morgan fingerprint density at radius 3 is 2.42 bits per heavy atom. The van der Waals surface area contributed by atoms with Crippen LogP contribution in [0.1, 0.15) is 44.2 Å². The molecule has 10 nitrogen and oxygen atoms in total. The smallest absolute Gasteiger partial charge is 0.333 e. The third-order valence-corrected chi connectivity index (χ3v) is 9.08. The van der Waals surface area contributed by atoms with E-state index in [9.17, 15) is 22.4 Å². The number of nitrogens with zero attached hydrogens (tertiary/aromatic N) is 1. The Balaban J connectivity index is 1.17. The topological polar surface area (TPSA) is 118 Å². The lowest BCUT2D eigenvalue weighted by Crippen LogP contribution is -2.35. The van der Waals surface area contributed by atoms with Gasteiger partial charge in [-0.25, -0.2) is 9.18 Å². The first-order valence-electron chi connectivity index (χ1n) is 15.8. The largest absolute Gasteiger partial charge is 0.489 e. The van der Waals surface area contributed by atoms with Crippen molar-refractivity contribution in [3.63, 3.8) is 0 Å². The summed E-state index contributed by atoms with van der Waals surface area (Å²) >= 11 is 0. The molecule has 0 bridgehead atoms. The van der Waals surface area contributed by atoms with Crippen LogP contribution in [0, 0.1) is 24.6 Å². The molecule has 4 aromatic rings.